The first-order valence-corrected chi connectivity index (χ1v) is 7.00. The van der Waals surface area contributed by atoms with Crippen molar-refractivity contribution in [2.45, 2.75) is 32.9 Å². The van der Waals surface area contributed by atoms with E-state index in [-0.39, 0.29) is 12.4 Å². The van der Waals surface area contributed by atoms with Crippen LogP contribution in [0.2, 0.25) is 0 Å². The molecular weight excluding hydrogens is 268 g/mol. The summed E-state index contributed by atoms with van der Waals surface area (Å²) in [5.74, 6) is 1.33. The van der Waals surface area contributed by atoms with Gasteiger partial charge in [-0.1, -0.05) is 31.2 Å². The van der Waals surface area contributed by atoms with Crippen molar-refractivity contribution in [3.8, 4) is 0 Å². The van der Waals surface area contributed by atoms with Gasteiger partial charge in [0.15, 0.2) is 0 Å². The van der Waals surface area contributed by atoms with E-state index in [4.69, 9.17) is 9.15 Å². The van der Waals surface area contributed by atoms with E-state index in [1.807, 2.05) is 31.2 Å². The van der Waals surface area contributed by atoms with Gasteiger partial charge in [0.25, 0.3) is 0 Å². The number of ether oxygens (including phenoxy) is 1. The van der Waals surface area contributed by atoms with E-state index in [0.29, 0.717) is 19.0 Å². The number of nitrogens with zero attached hydrogens (tertiary/aromatic N) is 1. The molecule has 0 fully saturated rings. The summed E-state index contributed by atoms with van der Waals surface area (Å²) in [7, 11) is 1.40. The van der Waals surface area contributed by atoms with Gasteiger partial charge < -0.3 is 14.5 Å². The van der Waals surface area contributed by atoms with E-state index in [9.17, 15) is 4.79 Å². The average molecular weight is 288 g/mol. The molecule has 5 nitrogen and oxygen atoms in total. The van der Waals surface area contributed by atoms with Crippen LogP contribution in [-0.4, -0.2) is 18.1 Å². The molecule has 1 aromatic heterocycles. The molecule has 0 aliphatic carbocycles. The van der Waals surface area contributed by atoms with E-state index in [2.05, 4.69) is 10.3 Å². The normalized spacial score (nSPS) is 10.6. The summed E-state index contributed by atoms with van der Waals surface area (Å²) in [4.78, 5) is 15.6. The molecule has 21 heavy (non-hydrogen) atoms. The van der Waals surface area contributed by atoms with Crippen molar-refractivity contribution < 1.29 is 13.9 Å². The number of nitrogens with one attached hydrogen (secondary N) is 1. The summed E-state index contributed by atoms with van der Waals surface area (Å²) in [5.41, 5.74) is 2.05. The lowest BCUT2D eigenvalue weighted by atomic mass is 10.0. The molecule has 0 atom stereocenters. The zero-order chi connectivity index (χ0) is 15.1. The lowest BCUT2D eigenvalue weighted by Crippen LogP contribution is -2.15. The maximum atomic E-state index is 11.4. The van der Waals surface area contributed by atoms with E-state index in [0.717, 1.165) is 23.3 Å². The van der Waals surface area contributed by atoms with Gasteiger partial charge in [-0.25, -0.2) is 4.98 Å². The molecule has 1 heterocycles. The van der Waals surface area contributed by atoms with Crippen LogP contribution < -0.4 is 5.32 Å². The number of methoxy groups -OCH3 is 1. The van der Waals surface area contributed by atoms with Gasteiger partial charge in [0.05, 0.1) is 26.3 Å². The molecule has 0 saturated heterocycles. The second-order valence-corrected chi connectivity index (χ2v) is 4.70. The Morgan fingerprint density at radius 3 is 2.71 bits per heavy atom. The summed E-state index contributed by atoms with van der Waals surface area (Å²) in [6, 6.07) is 7.81. The van der Waals surface area contributed by atoms with Crippen LogP contribution in [0.25, 0.3) is 0 Å². The topological polar surface area (TPSA) is 64.4 Å². The van der Waals surface area contributed by atoms with Crippen LogP contribution in [0.4, 0.5) is 0 Å². The summed E-state index contributed by atoms with van der Waals surface area (Å²) < 4.78 is 10.2. The number of hydrogen-bond acceptors (Lipinski definition) is 5. The third-order valence-electron chi connectivity index (χ3n) is 3.22. The third-order valence-corrected chi connectivity index (χ3v) is 3.22. The Hall–Kier alpha value is -2.14. The van der Waals surface area contributed by atoms with E-state index >= 15 is 0 Å². The van der Waals surface area contributed by atoms with Crippen molar-refractivity contribution in [3.63, 3.8) is 0 Å². The highest BCUT2D eigenvalue weighted by atomic mass is 16.5. The lowest BCUT2D eigenvalue weighted by molar-refractivity contribution is -0.139. The largest absolute Gasteiger partial charge is 0.469 e. The number of esters is 1. The lowest BCUT2D eigenvalue weighted by Gasteiger charge is -2.09. The van der Waals surface area contributed by atoms with Crippen molar-refractivity contribution in [2.75, 3.05) is 7.11 Å². The molecule has 2 aromatic rings. The number of rotatable bonds is 7. The third kappa shape index (κ3) is 4.43. The maximum Gasteiger partial charge on any atom is 0.309 e. The van der Waals surface area contributed by atoms with E-state index < -0.39 is 0 Å². The van der Waals surface area contributed by atoms with Gasteiger partial charge in [0.1, 0.15) is 5.76 Å². The van der Waals surface area contributed by atoms with Gasteiger partial charge in [-0.15, -0.1) is 0 Å². The first-order valence-electron chi connectivity index (χ1n) is 7.00. The van der Waals surface area contributed by atoms with E-state index in [1.54, 1.807) is 6.20 Å². The van der Waals surface area contributed by atoms with Crippen molar-refractivity contribution >= 4 is 5.97 Å². The minimum absolute atomic E-state index is 0.234. The minimum atomic E-state index is -0.234. The van der Waals surface area contributed by atoms with Crippen molar-refractivity contribution in [1.82, 2.24) is 10.3 Å². The Labute approximate surface area is 124 Å². The number of carbonyl (C=O) groups is 1. The van der Waals surface area contributed by atoms with Gasteiger partial charge in [-0.2, -0.15) is 0 Å². The van der Waals surface area contributed by atoms with Crippen LogP contribution in [0, 0.1) is 0 Å². The fourth-order valence-electron chi connectivity index (χ4n) is 2.03. The number of hydrogen-bond donors (Lipinski definition) is 1. The fourth-order valence-corrected chi connectivity index (χ4v) is 2.03. The molecule has 1 N–H and O–H groups in total. The number of carbonyl (C=O) groups excluding carboxylic acids is 1. The molecule has 2 rings (SSSR count). The standard InChI is InChI=1S/C16H20N2O3/c1-3-14-10-18-15(21-14)11-17-9-13-7-5-4-6-12(13)8-16(19)20-2/h4-7,10,17H,3,8-9,11H2,1-2H3. The zero-order valence-electron chi connectivity index (χ0n) is 12.4. The molecule has 0 radical (unpaired) electrons. The minimum Gasteiger partial charge on any atom is -0.469 e. The quantitative estimate of drug-likeness (QED) is 0.792. The Bertz CT molecular complexity index is 593. The Morgan fingerprint density at radius 1 is 1.29 bits per heavy atom. The van der Waals surface area contributed by atoms with Crippen LogP contribution in [-0.2, 0) is 35.5 Å². The summed E-state index contributed by atoms with van der Waals surface area (Å²) in [6.07, 6.45) is 2.88. The molecule has 0 bridgehead atoms. The Balaban J connectivity index is 1.92. The predicted octanol–water partition coefficient (Wildman–Crippen LogP) is 2.24. The van der Waals surface area contributed by atoms with Gasteiger partial charge in [0, 0.05) is 13.0 Å². The second-order valence-electron chi connectivity index (χ2n) is 4.70. The molecule has 0 unspecified atom stereocenters. The second kappa shape index (κ2) is 7.59. The van der Waals surface area contributed by atoms with Gasteiger partial charge in [0.2, 0.25) is 5.89 Å². The van der Waals surface area contributed by atoms with Crippen LogP contribution >= 0.6 is 0 Å². The van der Waals surface area contributed by atoms with Crippen LogP contribution in [0.15, 0.2) is 34.9 Å². The number of oxazole rings is 1. The Morgan fingerprint density at radius 2 is 2.05 bits per heavy atom. The molecule has 0 amide bonds. The maximum absolute atomic E-state index is 11.4. The molecule has 0 aliphatic heterocycles. The van der Waals surface area contributed by atoms with Crippen LogP contribution in [0.1, 0.15) is 29.7 Å². The highest BCUT2D eigenvalue weighted by Gasteiger charge is 2.08. The SMILES string of the molecule is CCc1cnc(CNCc2ccccc2CC(=O)OC)o1. The summed E-state index contributed by atoms with van der Waals surface area (Å²) >= 11 is 0. The molecule has 0 aliphatic rings. The number of aryl methyl sites for hydroxylation is 1. The van der Waals surface area contributed by atoms with Crippen molar-refractivity contribution in [3.05, 3.63) is 53.2 Å². The highest BCUT2D eigenvalue weighted by molar-refractivity contribution is 5.72. The van der Waals surface area contributed by atoms with Gasteiger partial charge in [-0.3, -0.25) is 4.79 Å². The number of benzene rings is 1. The predicted molar refractivity (Wildman–Crippen MR) is 78.6 cm³/mol. The highest BCUT2D eigenvalue weighted by Crippen LogP contribution is 2.11. The van der Waals surface area contributed by atoms with Crippen molar-refractivity contribution in [1.29, 1.82) is 0 Å². The number of aromatic nitrogens is 1. The first kappa shape index (κ1) is 15.3. The van der Waals surface area contributed by atoms with Crippen LogP contribution in [0.5, 0.6) is 0 Å². The molecular formula is C16H20N2O3. The van der Waals surface area contributed by atoms with Gasteiger partial charge in [-0.05, 0) is 11.1 Å². The molecule has 1 aromatic carbocycles. The van der Waals surface area contributed by atoms with Crippen LogP contribution in [0.3, 0.4) is 0 Å². The Kier molecular flexibility index (Phi) is 5.51. The molecule has 5 heteroatoms. The van der Waals surface area contributed by atoms with Gasteiger partial charge >= 0.3 is 5.97 Å². The monoisotopic (exact) mass is 288 g/mol. The smallest absolute Gasteiger partial charge is 0.309 e. The first-order chi connectivity index (χ1) is 10.2. The molecule has 0 spiro atoms. The summed E-state index contributed by atoms with van der Waals surface area (Å²) in [5, 5.41) is 3.28. The molecule has 0 saturated carbocycles. The summed E-state index contributed by atoms with van der Waals surface area (Å²) in [6.45, 7) is 3.24. The molecule has 112 valence electrons. The van der Waals surface area contributed by atoms with E-state index in [1.165, 1.54) is 7.11 Å². The zero-order valence-corrected chi connectivity index (χ0v) is 12.4. The average Bonchev–Trinajstić information content (AvgIpc) is 2.97. The fraction of sp³-hybridized carbons (Fsp3) is 0.375. The van der Waals surface area contributed by atoms with Crippen molar-refractivity contribution in [2.24, 2.45) is 0 Å².